The molecule has 2 heterocycles. The molecule has 3 amide bonds. The number of carbonyl (C=O) groups excluding carboxylic acids is 2. The van der Waals surface area contributed by atoms with E-state index in [0.717, 1.165) is 11.8 Å². The number of phenols is 6. The Hall–Kier alpha value is -4.76. The number of amides is 3. The highest BCUT2D eigenvalue weighted by Gasteiger charge is 2.75. The second kappa shape index (κ2) is 13.5. The number of likely N-dealkylation sites (tertiary alicyclic amines) is 1. The molecule has 2 fully saturated rings. The number of hydrogen-bond donors (Lipinski definition) is 13. The number of nitrogens with zero attached hydrogens (tertiary/aromatic N) is 4. The number of piperazine rings is 1. The van der Waals surface area contributed by atoms with Crippen molar-refractivity contribution in [3.63, 3.8) is 0 Å². The van der Waals surface area contributed by atoms with Crippen LogP contribution in [0.15, 0.2) is 0 Å². The fourth-order valence-electron chi connectivity index (χ4n) is 6.90. The van der Waals surface area contributed by atoms with Crippen LogP contribution in [-0.2, 0) is 16.7 Å². The molecule has 3 unspecified atom stereocenters. The highest BCUT2D eigenvalue weighted by molar-refractivity contribution is 5.79. The highest BCUT2D eigenvalue weighted by Crippen LogP contribution is 2.57. The second-order valence-electron chi connectivity index (χ2n) is 13.1. The zero-order valence-corrected chi connectivity index (χ0v) is 28.7. The van der Waals surface area contributed by atoms with Crippen LogP contribution in [0.1, 0.15) is 54.1 Å². The molecule has 0 aliphatic carbocycles. The molecule has 0 saturated carbocycles. The smallest absolute Gasteiger partial charge is 0.423 e. The molecule has 13 N–H and O–H groups in total. The summed E-state index contributed by atoms with van der Waals surface area (Å²) >= 11 is 0. The van der Waals surface area contributed by atoms with Gasteiger partial charge in [0.05, 0.1) is 5.56 Å². The Morgan fingerprint density at radius 2 is 1.31 bits per heavy atom. The van der Waals surface area contributed by atoms with Gasteiger partial charge in [0.2, 0.25) is 17.5 Å². The van der Waals surface area contributed by atoms with Crippen LogP contribution in [0.25, 0.3) is 0 Å². The number of phenolic OH excluding ortho intramolecular Hbond substituents is 6. The van der Waals surface area contributed by atoms with E-state index >= 15 is 0 Å². The van der Waals surface area contributed by atoms with Crippen LogP contribution in [-0.4, -0.2) is 155 Å². The summed E-state index contributed by atoms with van der Waals surface area (Å²) in [6.07, 6.45) is -10.1. The molecule has 2 aliphatic rings. The number of hydrogen-bond acceptors (Lipinski definition) is 16. The van der Waals surface area contributed by atoms with Crippen molar-refractivity contribution in [2.45, 2.75) is 68.7 Å². The van der Waals surface area contributed by atoms with Gasteiger partial charge in [-0.1, -0.05) is 0 Å². The summed E-state index contributed by atoms with van der Waals surface area (Å²) in [5.41, 5.74) is -13.2. The Morgan fingerprint density at radius 3 is 1.76 bits per heavy atom. The van der Waals surface area contributed by atoms with Crippen molar-refractivity contribution in [2.75, 3.05) is 33.2 Å². The molecule has 2 aromatic carbocycles. The summed E-state index contributed by atoms with van der Waals surface area (Å²) < 4.78 is 84.2. The fourth-order valence-corrected chi connectivity index (χ4v) is 6.90. The lowest BCUT2D eigenvalue weighted by molar-refractivity contribution is -0.483. The van der Waals surface area contributed by atoms with Crippen molar-refractivity contribution in [1.82, 2.24) is 19.6 Å². The normalized spacial score (nSPS) is 22.4. The van der Waals surface area contributed by atoms with Crippen LogP contribution in [0.4, 0.5) is 31.1 Å². The molecular formula is C30H36F6N4O15. The molecule has 3 atom stereocenters. The predicted octanol–water partition coefficient (Wildman–Crippen LogP) is -0.869. The lowest BCUT2D eigenvalue weighted by Gasteiger charge is -2.61. The van der Waals surface area contributed by atoms with Crippen LogP contribution < -0.4 is 0 Å². The standard InChI is InChI=1S/C30H36F6N4O15/c1-9-11(19(45)21(47)15(31)16(9)42)22-27(50,51)24(39-7-5-38(6-8-39)10(2)41)28(52,53)30(54,55)40(22)25(48)37(4)26(3,49)13-17(43)12(23(32)33)18(44)14(20(13)46)29(34,35)36/h22-24,42-47,49-55H,5-8H2,1-4H3. The quantitative estimate of drug-likeness (QED) is 0.0756. The molecule has 4 rings (SSSR count). The van der Waals surface area contributed by atoms with Gasteiger partial charge < -0.3 is 71.3 Å². The number of aromatic hydroxyl groups is 6. The second-order valence-corrected chi connectivity index (χ2v) is 13.1. The third-order valence-corrected chi connectivity index (χ3v) is 9.91. The van der Waals surface area contributed by atoms with Crippen molar-refractivity contribution >= 4 is 11.9 Å². The van der Waals surface area contributed by atoms with Crippen molar-refractivity contribution < 1.29 is 102 Å². The summed E-state index contributed by atoms with van der Waals surface area (Å²) in [5.74, 6) is -28.0. The van der Waals surface area contributed by atoms with Gasteiger partial charge in [-0.2, -0.15) is 17.6 Å². The molecule has 19 nitrogen and oxygen atoms in total. The Bertz CT molecular complexity index is 1870. The van der Waals surface area contributed by atoms with E-state index in [9.17, 15) is 102 Å². The van der Waals surface area contributed by atoms with E-state index in [1.165, 1.54) is 4.90 Å². The van der Waals surface area contributed by atoms with Crippen molar-refractivity contribution in [3.05, 3.63) is 33.6 Å². The third-order valence-electron chi connectivity index (χ3n) is 9.91. The van der Waals surface area contributed by atoms with E-state index in [1.807, 2.05) is 0 Å². The van der Waals surface area contributed by atoms with Crippen LogP contribution in [0.2, 0.25) is 0 Å². The maximum absolute atomic E-state index is 14.6. The van der Waals surface area contributed by atoms with E-state index in [-0.39, 0.29) is 27.1 Å². The maximum atomic E-state index is 14.6. The number of rotatable bonds is 5. The molecule has 0 bridgehead atoms. The average Bonchev–Trinajstić information content (AvgIpc) is 3.03. The molecule has 308 valence electrons. The summed E-state index contributed by atoms with van der Waals surface area (Å²) in [6.45, 7) is 0.423. The number of urea groups is 1. The van der Waals surface area contributed by atoms with Gasteiger partial charge in [0.1, 0.15) is 40.5 Å². The molecule has 2 aliphatic heterocycles. The van der Waals surface area contributed by atoms with Crippen LogP contribution >= 0.6 is 0 Å². The van der Waals surface area contributed by atoms with Gasteiger partial charge in [0.15, 0.2) is 23.0 Å². The van der Waals surface area contributed by atoms with E-state index in [0.29, 0.717) is 6.92 Å². The fraction of sp³-hybridized carbons (Fsp3) is 0.533. The van der Waals surface area contributed by atoms with Gasteiger partial charge in [-0.05, 0) is 13.8 Å². The summed E-state index contributed by atoms with van der Waals surface area (Å²) in [7, 11) is 0.281. The van der Waals surface area contributed by atoms with Crippen molar-refractivity contribution in [2.24, 2.45) is 0 Å². The Balaban J connectivity index is 2.05. The van der Waals surface area contributed by atoms with Gasteiger partial charge in [0, 0.05) is 51.3 Å². The number of benzene rings is 2. The van der Waals surface area contributed by atoms with E-state index < -0.39 is 151 Å². The monoisotopic (exact) mass is 806 g/mol. The van der Waals surface area contributed by atoms with Gasteiger partial charge in [0.25, 0.3) is 12.2 Å². The summed E-state index contributed by atoms with van der Waals surface area (Å²) in [4.78, 5) is 26.9. The van der Waals surface area contributed by atoms with Crippen LogP contribution in [0.3, 0.4) is 0 Å². The Labute approximate surface area is 304 Å². The van der Waals surface area contributed by atoms with Gasteiger partial charge in [-0.15, -0.1) is 0 Å². The summed E-state index contributed by atoms with van der Waals surface area (Å²) in [6, 6.07) is -8.55. The minimum atomic E-state index is -5.92. The SMILES string of the molecule is CC(=O)N1CCN(C2C(O)(O)C(c3c(C)c(O)c(F)c(O)c3O)N(C(=O)N(C)C(C)(O)c3c(O)c(C(F)F)c(O)c(C(F)(F)F)c3O)C(O)(O)C2(O)O)CC1. The number of halogens is 6. The molecular weight excluding hydrogens is 770 g/mol. The molecule has 0 radical (unpaired) electrons. The molecule has 0 spiro atoms. The molecule has 55 heavy (non-hydrogen) atoms. The minimum Gasteiger partial charge on any atom is -0.507 e. The third kappa shape index (κ3) is 6.28. The minimum absolute atomic E-state index is 0.216. The molecule has 0 aromatic heterocycles. The Morgan fingerprint density at radius 1 is 0.818 bits per heavy atom. The number of piperidine rings is 1. The topological polar surface area (TPSA) is 310 Å². The van der Waals surface area contributed by atoms with E-state index in [4.69, 9.17) is 0 Å². The maximum Gasteiger partial charge on any atom is 0.423 e. The van der Waals surface area contributed by atoms with Crippen LogP contribution in [0.5, 0.6) is 34.5 Å². The number of alkyl halides is 5. The Kier molecular flexibility index (Phi) is 10.5. The first-order valence-electron chi connectivity index (χ1n) is 15.5. The zero-order valence-electron chi connectivity index (χ0n) is 28.7. The first-order valence-corrected chi connectivity index (χ1v) is 15.5. The van der Waals surface area contributed by atoms with E-state index in [1.54, 1.807) is 0 Å². The predicted molar refractivity (Wildman–Crippen MR) is 164 cm³/mol. The average molecular weight is 807 g/mol. The molecule has 2 aromatic rings. The highest BCUT2D eigenvalue weighted by atomic mass is 19.4. The van der Waals surface area contributed by atoms with Gasteiger partial charge in [-0.25, -0.2) is 13.6 Å². The van der Waals surface area contributed by atoms with Crippen molar-refractivity contribution in [3.8, 4) is 34.5 Å². The zero-order chi connectivity index (χ0) is 42.5. The lowest BCUT2D eigenvalue weighted by Crippen LogP contribution is -2.85. The van der Waals surface area contributed by atoms with Gasteiger partial charge >= 0.3 is 18.1 Å². The summed E-state index contributed by atoms with van der Waals surface area (Å²) in [5, 5.41) is 143. The van der Waals surface area contributed by atoms with E-state index in [2.05, 4.69) is 0 Å². The lowest BCUT2D eigenvalue weighted by atomic mass is 9.77. The molecule has 2 saturated heterocycles. The van der Waals surface area contributed by atoms with Crippen LogP contribution in [0, 0.1) is 12.7 Å². The number of aliphatic hydroxyl groups is 7. The van der Waals surface area contributed by atoms with Crippen molar-refractivity contribution in [1.29, 1.82) is 0 Å². The van der Waals surface area contributed by atoms with Gasteiger partial charge in [-0.3, -0.25) is 19.5 Å². The largest absolute Gasteiger partial charge is 0.507 e. The number of carbonyl (C=O) groups is 2. The first-order chi connectivity index (χ1) is 24.8. The molecule has 25 heteroatoms. The first kappa shape index (κ1) is 43.0.